The molecule has 6 heteroatoms. The van der Waals surface area contributed by atoms with Crippen LogP contribution in [-0.4, -0.2) is 26.9 Å². The number of rotatable bonds is 6. The molecule has 3 atom stereocenters. The maximum atomic E-state index is 13.3. The molecule has 1 saturated carbocycles. The lowest BCUT2D eigenvalue weighted by molar-refractivity contribution is 0.117. The Hall–Kier alpha value is -1.87. The molecule has 0 N–H and O–H groups in total. The van der Waals surface area contributed by atoms with Crippen LogP contribution in [-0.2, 0) is 14.6 Å². The summed E-state index contributed by atoms with van der Waals surface area (Å²) in [6, 6.07) is 16.0. The van der Waals surface area contributed by atoms with Crippen molar-refractivity contribution in [2.24, 2.45) is 5.41 Å². The Bertz CT molecular complexity index is 950. The molecule has 0 aromatic heterocycles. The van der Waals surface area contributed by atoms with Crippen molar-refractivity contribution < 1.29 is 13.2 Å². The molecule has 1 aliphatic rings. The van der Waals surface area contributed by atoms with Crippen molar-refractivity contribution in [2.45, 2.75) is 29.9 Å². The molecule has 136 valence electrons. The molecule has 1 aliphatic carbocycles. The molecular formula is C20H20ClNO3S. The van der Waals surface area contributed by atoms with Crippen molar-refractivity contribution in [3.63, 3.8) is 0 Å². The fourth-order valence-corrected chi connectivity index (χ4v) is 6.02. The maximum absolute atomic E-state index is 13.3. The van der Waals surface area contributed by atoms with Gasteiger partial charge in [0, 0.05) is 17.5 Å². The van der Waals surface area contributed by atoms with Crippen LogP contribution in [0.2, 0.25) is 5.02 Å². The van der Waals surface area contributed by atoms with Gasteiger partial charge in [-0.3, -0.25) is 0 Å². The number of nitrogens with zero attached hydrogens (tertiary/aromatic N) is 1. The summed E-state index contributed by atoms with van der Waals surface area (Å²) < 4.78 is 32.0. The Kier molecular flexibility index (Phi) is 5.12. The van der Waals surface area contributed by atoms with Crippen LogP contribution in [0, 0.1) is 23.7 Å². The van der Waals surface area contributed by atoms with E-state index in [1.165, 1.54) is 0 Å². The molecule has 3 rings (SSSR count). The number of aryl methyl sites for hydroxylation is 1. The fourth-order valence-electron chi connectivity index (χ4n) is 3.52. The molecule has 0 radical (unpaired) electrons. The first-order chi connectivity index (χ1) is 12.4. The van der Waals surface area contributed by atoms with E-state index in [9.17, 15) is 13.7 Å². The van der Waals surface area contributed by atoms with Crippen molar-refractivity contribution in [2.75, 3.05) is 13.2 Å². The second-order valence-electron chi connectivity index (χ2n) is 6.60. The zero-order valence-electron chi connectivity index (χ0n) is 14.6. The zero-order chi connectivity index (χ0) is 18.9. The average Bonchev–Trinajstić information content (AvgIpc) is 3.31. The normalized spacial score (nSPS) is 24.8. The van der Waals surface area contributed by atoms with Crippen LogP contribution in [0.5, 0.6) is 0 Å². The van der Waals surface area contributed by atoms with E-state index in [1.54, 1.807) is 42.5 Å². The highest BCUT2D eigenvalue weighted by Gasteiger charge is 2.72. The summed E-state index contributed by atoms with van der Waals surface area (Å²) in [4.78, 5) is 0.230. The predicted octanol–water partition coefficient (Wildman–Crippen LogP) is 4.13. The lowest BCUT2D eigenvalue weighted by Gasteiger charge is -2.10. The van der Waals surface area contributed by atoms with Gasteiger partial charge in [0.15, 0.2) is 9.84 Å². The van der Waals surface area contributed by atoms with E-state index < -0.39 is 26.4 Å². The van der Waals surface area contributed by atoms with Gasteiger partial charge in [0.1, 0.15) is 5.41 Å². The van der Waals surface area contributed by atoms with Crippen LogP contribution in [0.4, 0.5) is 0 Å². The first-order valence-corrected chi connectivity index (χ1v) is 10.3. The Labute approximate surface area is 159 Å². The van der Waals surface area contributed by atoms with Gasteiger partial charge < -0.3 is 4.74 Å². The molecule has 0 heterocycles. The van der Waals surface area contributed by atoms with Crippen molar-refractivity contribution in [1.82, 2.24) is 0 Å². The van der Waals surface area contributed by atoms with E-state index >= 15 is 0 Å². The van der Waals surface area contributed by atoms with Crippen LogP contribution >= 0.6 is 11.6 Å². The Morgan fingerprint density at radius 3 is 2.50 bits per heavy atom. The molecule has 0 aliphatic heterocycles. The molecule has 2 aromatic rings. The standard InChI is InChI=1S/C20H20ClNO3S/c1-3-25-13-20(12-22)18(15-5-4-6-16(21)11-15)19(20)26(23,24)17-9-7-14(2)8-10-17/h4-11,18-19H,3,13H2,1-2H3/t18-,19-,20-/m0/s1. The third-order valence-electron chi connectivity index (χ3n) is 4.90. The first-order valence-electron chi connectivity index (χ1n) is 8.42. The number of hydrogen-bond acceptors (Lipinski definition) is 4. The van der Waals surface area contributed by atoms with E-state index in [1.807, 2.05) is 19.9 Å². The number of benzene rings is 2. The average molecular weight is 390 g/mol. The van der Waals surface area contributed by atoms with Gasteiger partial charge in [-0.25, -0.2) is 8.42 Å². The summed E-state index contributed by atoms with van der Waals surface area (Å²) in [5.41, 5.74) is 0.621. The molecular weight excluding hydrogens is 370 g/mol. The quantitative estimate of drug-likeness (QED) is 0.744. The number of sulfone groups is 1. The number of nitriles is 1. The summed E-state index contributed by atoms with van der Waals surface area (Å²) in [6.07, 6.45) is 0. The van der Waals surface area contributed by atoms with Gasteiger partial charge in [0.25, 0.3) is 0 Å². The minimum absolute atomic E-state index is 0.0763. The lowest BCUT2D eigenvalue weighted by Crippen LogP contribution is -2.19. The van der Waals surface area contributed by atoms with Crippen LogP contribution in [0.1, 0.15) is 24.0 Å². The fraction of sp³-hybridized carbons (Fsp3) is 0.350. The molecule has 4 nitrogen and oxygen atoms in total. The molecule has 2 aromatic carbocycles. The highest BCUT2D eigenvalue weighted by molar-refractivity contribution is 7.92. The summed E-state index contributed by atoms with van der Waals surface area (Å²) in [6.45, 7) is 4.22. The third kappa shape index (κ3) is 3.14. The van der Waals surface area contributed by atoms with Gasteiger partial charge >= 0.3 is 0 Å². The molecule has 26 heavy (non-hydrogen) atoms. The van der Waals surface area contributed by atoms with Crippen molar-refractivity contribution in [3.8, 4) is 6.07 Å². The second-order valence-corrected chi connectivity index (χ2v) is 9.11. The summed E-state index contributed by atoms with van der Waals surface area (Å²) >= 11 is 6.09. The van der Waals surface area contributed by atoms with Gasteiger partial charge in [0.05, 0.1) is 22.8 Å². The first kappa shape index (κ1) is 18.9. The van der Waals surface area contributed by atoms with Gasteiger partial charge in [-0.15, -0.1) is 0 Å². The lowest BCUT2D eigenvalue weighted by atomic mass is 10.0. The van der Waals surface area contributed by atoms with Gasteiger partial charge in [-0.05, 0) is 43.7 Å². The van der Waals surface area contributed by atoms with Gasteiger partial charge in [0.2, 0.25) is 0 Å². The highest BCUT2D eigenvalue weighted by atomic mass is 35.5. The van der Waals surface area contributed by atoms with Crippen LogP contribution in [0.25, 0.3) is 0 Å². The van der Waals surface area contributed by atoms with Crippen molar-refractivity contribution in [3.05, 3.63) is 64.7 Å². The molecule has 0 amide bonds. The van der Waals surface area contributed by atoms with Gasteiger partial charge in [-0.1, -0.05) is 41.4 Å². The number of ether oxygens (including phenoxy) is 1. The van der Waals surface area contributed by atoms with Crippen LogP contribution in [0.15, 0.2) is 53.4 Å². The van der Waals surface area contributed by atoms with Crippen LogP contribution < -0.4 is 0 Å². The molecule has 1 fully saturated rings. The summed E-state index contributed by atoms with van der Waals surface area (Å²) in [7, 11) is -3.69. The maximum Gasteiger partial charge on any atom is 0.183 e. The third-order valence-corrected chi connectivity index (χ3v) is 7.43. The van der Waals surface area contributed by atoms with E-state index in [0.717, 1.165) is 11.1 Å². The smallest absolute Gasteiger partial charge is 0.183 e. The van der Waals surface area contributed by atoms with Gasteiger partial charge in [-0.2, -0.15) is 5.26 Å². The molecule has 0 saturated heterocycles. The summed E-state index contributed by atoms with van der Waals surface area (Å²) in [5, 5.41) is 9.55. The predicted molar refractivity (Wildman–Crippen MR) is 101 cm³/mol. The van der Waals surface area contributed by atoms with Crippen molar-refractivity contribution in [1.29, 1.82) is 5.26 Å². The SMILES string of the molecule is CCOC[C@@]1(C#N)[C@@H](c2cccc(Cl)c2)[C@@H]1S(=O)(=O)c1ccc(C)cc1. The minimum Gasteiger partial charge on any atom is -0.380 e. The number of halogens is 1. The molecule has 0 bridgehead atoms. The summed E-state index contributed by atoms with van der Waals surface area (Å²) in [5.74, 6) is -0.468. The molecule has 0 unspecified atom stereocenters. The van der Waals surface area contributed by atoms with E-state index in [4.69, 9.17) is 16.3 Å². The van der Waals surface area contributed by atoms with Crippen LogP contribution in [0.3, 0.4) is 0 Å². The minimum atomic E-state index is -3.69. The zero-order valence-corrected chi connectivity index (χ0v) is 16.2. The van der Waals surface area contributed by atoms with E-state index in [2.05, 4.69) is 6.07 Å². The topological polar surface area (TPSA) is 67.2 Å². The number of hydrogen-bond donors (Lipinski definition) is 0. The molecule has 0 spiro atoms. The highest BCUT2D eigenvalue weighted by Crippen LogP contribution is 2.64. The van der Waals surface area contributed by atoms with E-state index in [-0.39, 0.29) is 11.5 Å². The largest absolute Gasteiger partial charge is 0.380 e. The monoisotopic (exact) mass is 389 g/mol. The Morgan fingerprint density at radius 2 is 1.92 bits per heavy atom. The Balaban J connectivity index is 2.07. The Morgan fingerprint density at radius 1 is 1.23 bits per heavy atom. The second kappa shape index (κ2) is 7.03. The van der Waals surface area contributed by atoms with Crippen molar-refractivity contribution >= 4 is 21.4 Å². The van der Waals surface area contributed by atoms with E-state index in [0.29, 0.717) is 11.6 Å².